The molecule has 0 atom stereocenters. The lowest BCUT2D eigenvalue weighted by atomic mass is 10.2. The third-order valence-electron chi connectivity index (χ3n) is 2.75. The molecule has 6 heteroatoms. The van der Waals surface area contributed by atoms with E-state index in [1.165, 1.54) is 6.92 Å². The average molecular weight is 360 g/mol. The van der Waals surface area contributed by atoms with Gasteiger partial charge >= 0.3 is 0 Å². The Hall–Kier alpha value is -2.86. The number of benzene rings is 1. The molecule has 0 aliphatic heterocycles. The Morgan fingerprint density at radius 3 is 2.31 bits per heavy atom. The highest BCUT2D eigenvalue weighted by molar-refractivity contribution is 5.83. The Morgan fingerprint density at radius 1 is 1.08 bits per heavy atom. The summed E-state index contributed by atoms with van der Waals surface area (Å²) in [5, 5.41) is 5.17. The summed E-state index contributed by atoms with van der Waals surface area (Å²) in [5.41, 5.74) is 0.956. The second-order valence-corrected chi connectivity index (χ2v) is 5.10. The van der Waals surface area contributed by atoms with Gasteiger partial charge in [-0.3, -0.25) is 9.59 Å². The first-order valence-corrected chi connectivity index (χ1v) is 8.10. The Morgan fingerprint density at radius 2 is 1.73 bits per heavy atom. The van der Waals surface area contributed by atoms with Crippen LogP contribution >= 0.6 is 0 Å². The van der Waals surface area contributed by atoms with Crippen molar-refractivity contribution in [3.63, 3.8) is 0 Å². The Kier molecular flexibility index (Phi) is 13.9. The maximum Gasteiger partial charge on any atom is 0.239 e. The molecule has 26 heavy (non-hydrogen) atoms. The van der Waals surface area contributed by atoms with Crippen molar-refractivity contribution in [3.8, 4) is 5.75 Å². The molecule has 0 heterocycles. The lowest BCUT2D eigenvalue weighted by Gasteiger charge is -2.07. The van der Waals surface area contributed by atoms with Gasteiger partial charge in [0.05, 0.1) is 6.54 Å². The SMILES string of the molecule is C=C/C=C\C=C\COc1ccc(CNC(=O)CNC(C)=O)cc1.COC. The van der Waals surface area contributed by atoms with Gasteiger partial charge < -0.3 is 20.1 Å². The molecule has 0 radical (unpaired) electrons. The Balaban J connectivity index is 0.00000194. The fraction of sp³-hybridized carbons (Fsp3) is 0.300. The van der Waals surface area contributed by atoms with Crippen LogP contribution in [0.25, 0.3) is 0 Å². The minimum atomic E-state index is -0.226. The minimum absolute atomic E-state index is 0.0108. The van der Waals surface area contributed by atoms with E-state index in [1.807, 2.05) is 48.6 Å². The summed E-state index contributed by atoms with van der Waals surface area (Å²) < 4.78 is 9.80. The van der Waals surface area contributed by atoms with Crippen molar-refractivity contribution >= 4 is 11.8 Å². The van der Waals surface area contributed by atoms with E-state index in [-0.39, 0.29) is 18.4 Å². The number of carbonyl (C=O) groups is 2. The second-order valence-electron chi connectivity index (χ2n) is 5.10. The summed E-state index contributed by atoms with van der Waals surface area (Å²) in [6, 6.07) is 7.47. The number of hydrogen-bond acceptors (Lipinski definition) is 4. The standard InChI is InChI=1S/C18H22N2O3.C2H6O/c1-3-4-5-6-7-12-23-17-10-8-16(9-11-17)13-20-18(22)14-19-15(2)21;1-3-2/h3-11H,1,12-14H2,2H3,(H,19,21)(H,20,22);1-2H3/b5-4-,7-6+;. The van der Waals surface area contributed by atoms with Crippen LogP contribution in [0.4, 0.5) is 0 Å². The number of carbonyl (C=O) groups excluding carboxylic acids is 2. The number of nitrogens with one attached hydrogen (secondary N) is 2. The first kappa shape index (κ1) is 23.1. The molecule has 0 aliphatic rings. The van der Waals surface area contributed by atoms with Gasteiger partial charge in [0.15, 0.2) is 0 Å². The summed E-state index contributed by atoms with van der Waals surface area (Å²) in [4.78, 5) is 22.2. The zero-order valence-corrected chi connectivity index (χ0v) is 15.7. The summed E-state index contributed by atoms with van der Waals surface area (Å²) in [7, 11) is 3.25. The molecule has 2 N–H and O–H groups in total. The third kappa shape index (κ3) is 13.6. The smallest absolute Gasteiger partial charge is 0.239 e. The molecule has 142 valence electrons. The predicted octanol–water partition coefficient (Wildman–Crippen LogP) is 2.38. The summed E-state index contributed by atoms with van der Waals surface area (Å²) >= 11 is 0. The van der Waals surface area contributed by atoms with Crippen LogP contribution in [0.2, 0.25) is 0 Å². The fourth-order valence-electron chi connectivity index (χ4n) is 1.59. The Labute approximate surface area is 155 Å². The molecule has 6 nitrogen and oxygen atoms in total. The quantitative estimate of drug-likeness (QED) is 0.663. The number of hydrogen-bond donors (Lipinski definition) is 2. The van der Waals surface area contributed by atoms with Gasteiger partial charge in [0.1, 0.15) is 12.4 Å². The molecule has 0 fully saturated rings. The highest BCUT2D eigenvalue weighted by atomic mass is 16.5. The van der Waals surface area contributed by atoms with Crippen LogP contribution in [0.1, 0.15) is 12.5 Å². The van der Waals surface area contributed by atoms with Gasteiger partial charge in [-0.1, -0.05) is 43.0 Å². The predicted molar refractivity (Wildman–Crippen MR) is 104 cm³/mol. The molecule has 0 unspecified atom stereocenters. The normalized spacial score (nSPS) is 10.1. The van der Waals surface area contributed by atoms with Gasteiger partial charge in [0.2, 0.25) is 11.8 Å². The molecule has 1 rings (SSSR count). The maximum atomic E-state index is 11.5. The van der Waals surface area contributed by atoms with E-state index in [9.17, 15) is 9.59 Å². The summed E-state index contributed by atoms with van der Waals surface area (Å²) in [5.74, 6) is 0.310. The van der Waals surface area contributed by atoms with Crippen molar-refractivity contribution in [2.75, 3.05) is 27.4 Å². The molecule has 1 aromatic carbocycles. The van der Waals surface area contributed by atoms with Crippen LogP contribution in [0.15, 0.2) is 61.2 Å². The molecule has 2 amide bonds. The Bertz CT molecular complexity index is 592. The largest absolute Gasteiger partial charge is 0.490 e. The van der Waals surface area contributed by atoms with Crippen molar-refractivity contribution in [2.24, 2.45) is 0 Å². The molecule has 0 saturated carbocycles. The third-order valence-corrected chi connectivity index (χ3v) is 2.75. The van der Waals surface area contributed by atoms with E-state index >= 15 is 0 Å². The zero-order chi connectivity index (χ0) is 19.6. The van der Waals surface area contributed by atoms with Gasteiger partial charge in [-0.15, -0.1) is 0 Å². The van der Waals surface area contributed by atoms with Crippen molar-refractivity contribution in [1.82, 2.24) is 10.6 Å². The number of methoxy groups -OCH3 is 1. The number of ether oxygens (including phenoxy) is 2. The number of rotatable bonds is 9. The van der Waals surface area contributed by atoms with Crippen molar-refractivity contribution < 1.29 is 19.1 Å². The van der Waals surface area contributed by atoms with Crippen LogP contribution in [-0.2, 0) is 20.9 Å². The first-order valence-electron chi connectivity index (χ1n) is 8.10. The highest BCUT2D eigenvalue weighted by Crippen LogP contribution is 2.12. The lowest BCUT2D eigenvalue weighted by Crippen LogP contribution is -2.35. The molecule has 0 aliphatic carbocycles. The van der Waals surface area contributed by atoms with E-state index in [0.29, 0.717) is 13.2 Å². The van der Waals surface area contributed by atoms with E-state index in [1.54, 1.807) is 20.3 Å². The van der Waals surface area contributed by atoms with Gasteiger partial charge in [0.25, 0.3) is 0 Å². The zero-order valence-electron chi connectivity index (χ0n) is 15.7. The minimum Gasteiger partial charge on any atom is -0.490 e. The van der Waals surface area contributed by atoms with Crippen molar-refractivity contribution in [2.45, 2.75) is 13.5 Å². The monoisotopic (exact) mass is 360 g/mol. The summed E-state index contributed by atoms with van der Waals surface area (Å²) in [6.45, 7) is 5.83. The maximum absolute atomic E-state index is 11.5. The molecule has 0 bridgehead atoms. The molecule has 1 aromatic rings. The highest BCUT2D eigenvalue weighted by Gasteiger charge is 2.02. The molecule has 0 saturated heterocycles. The van der Waals surface area contributed by atoms with Crippen LogP contribution in [0, 0.1) is 0 Å². The van der Waals surface area contributed by atoms with Crippen LogP contribution < -0.4 is 15.4 Å². The van der Waals surface area contributed by atoms with Crippen LogP contribution in [0.3, 0.4) is 0 Å². The lowest BCUT2D eigenvalue weighted by molar-refractivity contribution is -0.125. The van der Waals surface area contributed by atoms with Crippen LogP contribution in [0.5, 0.6) is 5.75 Å². The van der Waals surface area contributed by atoms with E-state index in [2.05, 4.69) is 21.9 Å². The topological polar surface area (TPSA) is 76.7 Å². The average Bonchev–Trinajstić information content (AvgIpc) is 2.63. The van der Waals surface area contributed by atoms with E-state index in [4.69, 9.17) is 4.74 Å². The summed E-state index contributed by atoms with van der Waals surface area (Å²) in [6.07, 6.45) is 9.21. The van der Waals surface area contributed by atoms with E-state index < -0.39 is 0 Å². The van der Waals surface area contributed by atoms with Gasteiger partial charge in [-0.2, -0.15) is 0 Å². The molecule has 0 aromatic heterocycles. The van der Waals surface area contributed by atoms with Gasteiger partial charge in [-0.25, -0.2) is 0 Å². The van der Waals surface area contributed by atoms with Gasteiger partial charge in [0, 0.05) is 27.7 Å². The van der Waals surface area contributed by atoms with Crippen molar-refractivity contribution in [1.29, 1.82) is 0 Å². The number of allylic oxidation sites excluding steroid dienone is 4. The number of amides is 2. The molecular formula is C20H28N2O4. The van der Waals surface area contributed by atoms with E-state index in [0.717, 1.165) is 11.3 Å². The van der Waals surface area contributed by atoms with Crippen LogP contribution in [-0.4, -0.2) is 39.2 Å². The molecule has 0 spiro atoms. The van der Waals surface area contributed by atoms with Gasteiger partial charge in [-0.05, 0) is 23.8 Å². The first-order chi connectivity index (χ1) is 12.5. The molecular weight excluding hydrogens is 332 g/mol. The fourth-order valence-corrected chi connectivity index (χ4v) is 1.59. The van der Waals surface area contributed by atoms with Crippen molar-refractivity contribution in [3.05, 3.63) is 66.8 Å². The second kappa shape index (κ2) is 15.7.